The van der Waals surface area contributed by atoms with Gasteiger partial charge in [0.1, 0.15) is 6.07 Å². The second kappa shape index (κ2) is 19.2. The van der Waals surface area contributed by atoms with Gasteiger partial charge in [-0.15, -0.1) is 0 Å². The number of H-pyrrole nitrogens is 1. The number of halogens is 3. The number of alkyl halides is 2. The van der Waals surface area contributed by atoms with Crippen molar-refractivity contribution in [2.24, 2.45) is 0 Å². The maximum atomic E-state index is 10.3. The summed E-state index contributed by atoms with van der Waals surface area (Å²) in [6.07, 6.45) is 13.3. The summed E-state index contributed by atoms with van der Waals surface area (Å²) in [5, 5.41) is 29.3. The molecule has 1 saturated carbocycles. The number of aromatic nitrogens is 2. The smallest absolute Gasteiger partial charge is 0.235 e. The minimum absolute atomic E-state index is 0.294. The molecule has 196 valence electrons. The Morgan fingerprint density at radius 1 is 1.30 bits per heavy atom. The van der Waals surface area contributed by atoms with Gasteiger partial charge in [0.2, 0.25) is 6.43 Å². The van der Waals surface area contributed by atoms with Crippen molar-refractivity contribution < 1.29 is 8.78 Å². The van der Waals surface area contributed by atoms with E-state index >= 15 is 0 Å². The highest BCUT2D eigenvalue weighted by Gasteiger charge is 2.15. The summed E-state index contributed by atoms with van der Waals surface area (Å²) in [4.78, 5) is 7.83. The minimum atomic E-state index is -2.17. The number of hydrogen-bond donors (Lipinski definition) is 4. The lowest BCUT2D eigenvalue weighted by molar-refractivity contribution is 0.171. The molecule has 0 unspecified atom stereocenters. The molecule has 2 aromatic rings. The zero-order valence-electron chi connectivity index (χ0n) is 20.8. The van der Waals surface area contributed by atoms with Crippen LogP contribution in [0.3, 0.4) is 0 Å². The third-order valence-electron chi connectivity index (χ3n) is 4.96. The number of rotatable bonds is 6. The van der Waals surface area contributed by atoms with E-state index < -0.39 is 6.43 Å². The van der Waals surface area contributed by atoms with Gasteiger partial charge >= 0.3 is 0 Å². The van der Waals surface area contributed by atoms with Crippen LogP contribution < -0.4 is 5.32 Å². The summed E-state index contributed by atoms with van der Waals surface area (Å²) in [6, 6.07) is 8.32. The Labute approximate surface area is 234 Å². The number of hydrogen-bond acceptors (Lipinski definition) is 6. The molecule has 6 nitrogen and oxygen atoms in total. The van der Waals surface area contributed by atoms with E-state index in [4.69, 9.17) is 16.1 Å². The molecule has 4 N–H and O–H groups in total. The van der Waals surface area contributed by atoms with Crippen LogP contribution in [-0.4, -0.2) is 34.9 Å². The van der Waals surface area contributed by atoms with Crippen molar-refractivity contribution in [3.8, 4) is 28.6 Å². The van der Waals surface area contributed by atoms with Gasteiger partial charge in [-0.3, -0.25) is 4.98 Å². The topological polar surface area (TPSA) is 112 Å². The average Bonchev–Trinajstić information content (AvgIpc) is 3.36. The third-order valence-corrected chi connectivity index (χ3v) is 5.80. The number of pyridine rings is 1. The van der Waals surface area contributed by atoms with Gasteiger partial charge in [0.05, 0.1) is 28.2 Å². The number of anilines is 1. The van der Waals surface area contributed by atoms with Crippen LogP contribution in [0.1, 0.15) is 57.2 Å². The second-order valence-electron chi connectivity index (χ2n) is 7.79. The van der Waals surface area contributed by atoms with Gasteiger partial charge in [-0.25, -0.2) is 8.78 Å². The zero-order valence-corrected chi connectivity index (χ0v) is 23.8. The van der Waals surface area contributed by atoms with E-state index in [1.807, 2.05) is 43.5 Å². The van der Waals surface area contributed by atoms with Crippen molar-refractivity contribution in [1.29, 1.82) is 16.1 Å². The van der Waals surface area contributed by atoms with Crippen LogP contribution >= 0.6 is 30.1 Å². The van der Waals surface area contributed by atoms with Gasteiger partial charge < -0.3 is 21.1 Å². The number of allylic oxidation sites excluding steroid dienone is 3. The second-order valence-corrected chi connectivity index (χ2v) is 9.47. The lowest BCUT2D eigenvalue weighted by Crippen LogP contribution is -2.22. The Bertz CT molecular complexity index is 1150. The Hall–Kier alpha value is -2.96. The van der Waals surface area contributed by atoms with Gasteiger partial charge in [-0.2, -0.15) is 5.26 Å². The van der Waals surface area contributed by atoms with Crippen LogP contribution in [0.2, 0.25) is 0 Å². The van der Waals surface area contributed by atoms with Gasteiger partial charge in [0.15, 0.2) is 0 Å². The first kappa shape index (κ1) is 32.1. The number of nitriles is 1. The summed E-state index contributed by atoms with van der Waals surface area (Å²) in [5.74, 6) is 3.18. The van der Waals surface area contributed by atoms with Crippen molar-refractivity contribution in [1.82, 2.24) is 9.97 Å². The summed E-state index contributed by atoms with van der Waals surface area (Å²) in [5.41, 5.74) is 4.66. The molecule has 0 bridgehead atoms. The standard InChI is InChI=1S/C21H20IN5S.C4H7N.C2H4F2/c22-28-9-8-16-14-25-21(11-20(16)26-17-4-2-1-3-5-17)19-7-6-18(27-19)10-15(12-23)13-24;1-2-3-4-5;1-2(3)4/h6-7,10-12,14,17,23,27H,1-5H2,(H,25,26);2-5H,1H3;2H,1H3/b15-10+,23-12?;3-2-,5-4?;. The van der Waals surface area contributed by atoms with Crippen LogP contribution in [0.5, 0.6) is 0 Å². The molecule has 0 aromatic carbocycles. The highest BCUT2D eigenvalue weighted by molar-refractivity contribution is 14.2. The van der Waals surface area contributed by atoms with E-state index in [2.05, 4.69) is 47.7 Å². The number of nitrogens with one attached hydrogen (secondary N) is 4. The van der Waals surface area contributed by atoms with Crippen molar-refractivity contribution in [3.05, 3.63) is 53.4 Å². The highest BCUT2D eigenvalue weighted by Crippen LogP contribution is 2.27. The molecule has 0 spiro atoms. The average molecular weight is 637 g/mol. The summed E-state index contributed by atoms with van der Waals surface area (Å²) >= 11 is 2.17. The van der Waals surface area contributed by atoms with Crippen LogP contribution in [0.4, 0.5) is 14.5 Å². The maximum absolute atomic E-state index is 10.3. The van der Waals surface area contributed by atoms with E-state index in [0.29, 0.717) is 11.6 Å². The minimum Gasteiger partial charge on any atom is -0.381 e. The zero-order chi connectivity index (χ0) is 27.5. The van der Waals surface area contributed by atoms with Crippen molar-refractivity contribution in [2.45, 2.75) is 58.4 Å². The van der Waals surface area contributed by atoms with E-state index in [0.717, 1.165) is 41.5 Å². The molecule has 1 aliphatic carbocycles. The quantitative estimate of drug-likeness (QED) is 0.111. The van der Waals surface area contributed by atoms with Crippen molar-refractivity contribution >= 4 is 54.3 Å². The van der Waals surface area contributed by atoms with Gasteiger partial charge in [-0.05, 0) is 71.2 Å². The SMILES string of the molecule is C/C=C\C=N.CC(F)F.N#C/C(C=N)=C/c1ccc(-c2cc(NC3CCCCC3)c(C#CSI)cn2)[nH]1. The Balaban J connectivity index is 0.000000657. The maximum Gasteiger partial charge on any atom is 0.235 e. The molecule has 0 aliphatic heterocycles. The molecule has 2 aromatic heterocycles. The van der Waals surface area contributed by atoms with Crippen LogP contribution in [-0.2, 0) is 0 Å². The first-order valence-corrected chi connectivity index (χ1v) is 15.0. The van der Waals surface area contributed by atoms with E-state index in [9.17, 15) is 8.78 Å². The van der Waals surface area contributed by atoms with Crippen LogP contribution in [0, 0.1) is 33.3 Å². The molecule has 0 atom stereocenters. The van der Waals surface area contributed by atoms with Crippen molar-refractivity contribution in [3.63, 3.8) is 0 Å². The molecular weight excluding hydrogens is 605 g/mol. The predicted octanol–water partition coefficient (Wildman–Crippen LogP) is 8.25. The van der Waals surface area contributed by atoms with Gasteiger partial charge in [0.25, 0.3) is 0 Å². The van der Waals surface area contributed by atoms with E-state index in [1.54, 1.807) is 12.2 Å². The Kier molecular flexibility index (Phi) is 16.6. The molecule has 0 radical (unpaired) electrons. The Morgan fingerprint density at radius 3 is 2.54 bits per heavy atom. The molecule has 0 saturated heterocycles. The summed E-state index contributed by atoms with van der Waals surface area (Å²) in [7, 11) is 1.46. The molecule has 3 rings (SSSR count). The molecule has 0 amide bonds. The lowest BCUT2D eigenvalue weighted by Gasteiger charge is -2.24. The van der Waals surface area contributed by atoms with E-state index in [-0.39, 0.29) is 0 Å². The highest BCUT2D eigenvalue weighted by atomic mass is 127. The van der Waals surface area contributed by atoms with E-state index in [1.165, 1.54) is 47.3 Å². The first-order chi connectivity index (χ1) is 17.9. The van der Waals surface area contributed by atoms with Crippen LogP contribution in [0.25, 0.3) is 17.5 Å². The molecular formula is C27H31F2IN6S. The van der Waals surface area contributed by atoms with Crippen LogP contribution in [0.15, 0.2) is 42.1 Å². The van der Waals surface area contributed by atoms with Gasteiger partial charge in [-0.1, -0.05) is 31.3 Å². The molecule has 1 aliphatic rings. The molecule has 2 heterocycles. The summed E-state index contributed by atoms with van der Waals surface area (Å²) in [6.45, 7) is 2.71. The normalized spacial score (nSPS) is 13.3. The lowest BCUT2D eigenvalue weighted by atomic mass is 9.95. The predicted molar refractivity (Wildman–Crippen MR) is 161 cm³/mol. The first-order valence-electron chi connectivity index (χ1n) is 11.6. The largest absolute Gasteiger partial charge is 0.381 e. The fraction of sp³-hybridized carbons (Fsp3) is 0.333. The number of aromatic amines is 1. The van der Waals surface area contributed by atoms with Crippen molar-refractivity contribution in [2.75, 3.05) is 5.32 Å². The number of nitrogens with zero attached hydrogens (tertiary/aromatic N) is 2. The molecule has 1 fully saturated rings. The van der Waals surface area contributed by atoms with Gasteiger partial charge in [0, 0.05) is 51.6 Å². The molecule has 37 heavy (non-hydrogen) atoms. The monoisotopic (exact) mass is 636 g/mol. The fourth-order valence-corrected chi connectivity index (χ4v) is 3.86. The Morgan fingerprint density at radius 2 is 2.00 bits per heavy atom. The fourth-order valence-electron chi connectivity index (χ4n) is 3.38. The summed E-state index contributed by atoms with van der Waals surface area (Å²) < 4.78 is 20.7. The third kappa shape index (κ3) is 13.2. The molecule has 10 heteroatoms.